The van der Waals surface area contributed by atoms with Crippen LogP contribution in [0, 0.1) is 0 Å². The van der Waals surface area contributed by atoms with Crippen molar-refractivity contribution in [2.24, 2.45) is 0 Å². The summed E-state index contributed by atoms with van der Waals surface area (Å²) in [6, 6.07) is 0. The SMILES string of the molecule is CCCCCCCCCCCCCCCCCC(=O)O.CCCCCCCCCCCCCCCCCCCCCC(=O)O.[Ag]. The van der Waals surface area contributed by atoms with Crippen LogP contribution in [0.1, 0.15) is 245 Å². The van der Waals surface area contributed by atoms with E-state index in [9.17, 15) is 9.59 Å². The predicted octanol–water partition coefficient (Wildman–Crippen LogP) is 14.2. The largest absolute Gasteiger partial charge is 0.481 e. The van der Waals surface area contributed by atoms with Gasteiger partial charge in [-0.3, -0.25) is 9.59 Å². The van der Waals surface area contributed by atoms with Crippen LogP contribution in [-0.2, 0) is 32.0 Å². The summed E-state index contributed by atoms with van der Waals surface area (Å²) in [6.45, 7) is 4.55. The van der Waals surface area contributed by atoms with Crippen molar-refractivity contribution in [3.8, 4) is 0 Å². The Kier molecular flexibility index (Phi) is 49.9. The number of unbranched alkanes of at least 4 members (excludes halogenated alkanes) is 32. The van der Waals surface area contributed by atoms with E-state index in [1.165, 1.54) is 193 Å². The molecule has 2 N–H and O–H groups in total. The minimum Gasteiger partial charge on any atom is -0.481 e. The first kappa shape index (κ1) is 49.1. The number of carboxylic acid groups (broad SMARTS) is 2. The van der Waals surface area contributed by atoms with Crippen molar-refractivity contribution >= 4 is 11.9 Å². The van der Waals surface area contributed by atoms with Gasteiger partial charge < -0.3 is 10.2 Å². The normalized spacial score (nSPS) is 10.7. The van der Waals surface area contributed by atoms with Gasteiger partial charge in [-0.15, -0.1) is 0 Å². The van der Waals surface area contributed by atoms with Crippen LogP contribution in [0.15, 0.2) is 0 Å². The van der Waals surface area contributed by atoms with Crippen molar-refractivity contribution in [1.82, 2.24) is 0 Å². The second-order valence-corrected chi connectivity index (χ2v) is 13.6. The van der Waals surface area contributed by atoms with Crippen LogP contribution in [0.25, 0.3) is 0 Å². The van der Waals surface area contributed by atoms with Gasteiger partial charge in [0.1, 0.15) is 0 Å². The van der Waals surface area contributed by atoms with Gasteiger partial charge in [-0.25, -0.2) is 0 Å². The molecule has 0 aliphatic heterocycles. The van der Waals surface area contributed by atoms with E-state index >= 15 is 0 Å². The summed E-state index contributed by atoms with van der Waals surface area (Å²) in [7, 11) is 0. The van der Waals surface area contributed by atoms with Crippen molar-refractivity contribution in [1.29, 1.82) is 0 Å². The van der Waals surface area contributed by atoms with Gasteiger partial charge in [0.2, 0.25) is 0 Å². The Morgan fingerprint density at radius 3 is 0.556 bits per heavy atom. The fourth-order valence-electron chi connectivity index (χ4n) is 6.00. The summed E-state index contributed by atoms with van der Waals surface area (Å²) in [6.07, 6.45) is 46.3. The molecule has 0 aromatic rings. The minimum atomic E-state index is -0.653. The number of aliphatic carboxylic acids is 2. The molecule has 0 fully saturated rings. The number of carboxylic acids is 2. The van der Waals surface area contributed by atoms with Gasteiger partial charge in [-0.2, -0.15) is 0 Å². The Morgan fingerprint density at radius 1 is 0.289 bits per heavy atom. The monoisotopic (exact) mass is 732 g/mol. The average Bonchev–Trinajstić information content (AvgIpc) is 3.00. The molecule has 0 aliphatic rings. The molecule has 4 nitrogen and oxygen atoms in total. The molecule has 0 saturated carbocycles. The molecule has 0 bridgehead atoms. The summed E-state index contributed by atoms with van der Waals surface area (Å²) in [5.74, 6) is -1.30. The van der Waals surface area contributed by atoms with Crippen molar-refractivity contribution in [3.63, 3.8) is 0 Å². The van der Waals surface area contributed by atoms with Gasteiger partial charge in [-0.05, 0) is 12.8 Å². The van der Waals surface area contributed by atoms with E-state index in [1.54, 1.807) is 0 Å². The molecule has 0 atom stereocenters. The Morgan fingerprint density at radius 2 is 0.422 bits per heavy atom. The summed E-state index contributed by atoms with van der Waals surface area (Å²) in [5.41, 5.74) is 0. The van der Waals surface area contributed by atoms with Crippen LogP contribution < -0.4 is 0 Å². The molecule has 5 heteroatoms. The molecule has 0 aromatic carbocycles. The summed E-state index contributed by atoms with van der Waals surface area (Å²) >= 11 is 0. The molecular weight excluding hydrogens is 652 g/mol. The minimum absolute atomic E-state index is 0. The molecule has 0 amide bonds. The Bertz CT molecular complexity index is 554. The zero-order valence-corrected chi connectivity index (χ0v) is 32.0. The molecule has 0 aromatic heterocycles. The number of hydrogen-bond donors (Lipinski definition) is 2. The number of carbonyl (C=O) groups is 2. The molecule has 0 aliphatic carbocycles. The number of hydrogen-bond acceptors (Lipinski definition) is 2. The third kappa shape index (κ3) is 53.4. The smallest absolute Gasteiger partial charge is 0.303 e. The van der Waals surface area contributed by atoms with Crippen LogP contribution >= 0.6 is 0 Å². The Hall–Kier alpha value is -0.320. The van der Waals surface area contributed by atoms with Crippen LogP contribution in [0.3, 0.4) is 0 Å². The van der Waals surface area contributed by atoms with Crippen LogP contribution in [0.4, 0.5) is 0 Å². The molecule has 0 heterocycles. The second kappa shape index (κ2) is 45.8. The van der Waals surface area contributed by atoms with E-state index in [0.29, 0.717) is 12.8 Å². The first-order valence-corrected chi connectivity index (χ1v) is 20.0. The van der Waals surface area contributed by atoms with Gasteiger partial charge in [0.05, 0.1) is 0 Å². The standard InChI is InChI=1S/C22H44O2.C18H36O2.Ag/c1-2-3-4-5-6-7-8-9-10-11-12-13-14-15-16-17-18-19-20-21-22(23)24;1-2-3-4-5-6-7-8-9-10-11-12-13-14-15-16-17-18(19)20;/h2-21H2,1H3,(H,23,24);2-17H2,1H3,(H,19,20);. The predicted molar refractivity (Wildman–Crippen MR) is 193 cm³/mol. The maximum absolute atomic E-state index is 10.4. The van der Waals surface area contributed by atoms with Crippen molar-refractivity contribution in [3.05, 3.63) is 0 Å². The molecule has 0 spiro atoms. The molecule has 0 saturated heterocycles. The quantitative estimate of drug-likeness (QED) is 0.0497. The molecule has 275 valence electrons. The van der Waals surface area contributed by atoms with Gasteiger partial charge >= 0.3 is 11.9 Å². The third-order valence-electron chi connectivity index (χ3n) is 8.99. The van der Waals surface area contributed by atoms with Gasteiger partial charge in [-0.1, -0.05) is 219 Å². The van der Waals surface area contributed by atoms with Crippen LogP contribution in [-0.4, -0.2) is 22.2 Å². The van der Waals surface area contributed by atoms with E-state index in [2.05, 4.69) is 13.8 Å². The molecule has 0 rings (SSSR count). The molecular formula is C40H80AgO4. The third-order valence-corrected chi connectivity index (χ3v) is 8.99. The van der Waals surface area contributed by atoms with Crippen molar-refractivity contribution in [2.45, 2.75) is 245 Å². The fraction of sp³-hybridized carbons (Fsp3) is 0.950. The fourth-order valence-corrected chi connectivity index (χ4v) is 6.00. The van der Waals surface area contributed by atoms with Crippen molar-refractivity contribution < 1.29 is 42.2 Å². The van der Waals surface area contributed by atoms with E-state index in [4.69, 9.17) is 10.2 Å². The topological polar surface area (TPSA) is 74.6 Å². The summed E-state index contributed by atoms with van der Waals surface area (Å²) in [5, 5.41) is 17.1. The van der Waals surface area contributed by atoms with E-state index in [1.807, 2.05) is 0 Å². The van der Waals surface area contributed by atoms with Crippen LogP contribution in [0.5, 0.6) is 0 Å². The van der Waals surface area contributed by atoms with E-state index in [-0.39, 0.29) is 22.4 Å². The van der Waals surface area contributed by atoms with Gasteiger partial charge in [0, 0.05) is 35.2 Å². The van der Waals surface area contributed by atoms with E-state index in [0.717, 1.165) is 25.7 Å². The molecule has 45 heavy (non-hydrogen) atoms. The maximum atomic E-state index is 10.4. The summed E-state index contributed by atoms with van der Waals surface area (Å²) < 4.78 is 0. The Labute approximate surface area is 298 Å². The summed E-state index contributed by atoms with van der Waals surface area (Å²) in [4.78, 5) is 20.7. The van der Waals surface area contributed by atoms with Gasteiger partial charge in [0.15, 0.2) is 0 Å². The molecule has 1 radical (unpaired) electrons. The zero-order valence-electron chi connectivity index (χ0n) is 30.5. The van der Waals surface area contributed by atoms with E-state index < -0.39 is 11.9 Å². The first-order valence-electron chi connectivity index (χ1n) is 20.0. The first-order chi connectivity index (χ1) is 21.5. The maximum Gasteiger partial charge on any atom is 0.303 e. The van der Waals surface area contributed by atoms with Crippen LogP contribution in [0.2, 0.25) is 0 Å². The molecule has 0 unspecified atom stereocenters. The second-order valence-electron chi connectivity index (χ2n) is 13.6. The number of rotatable bonds is 36. The average molecular weight is 733 g/mol. The van der Waals surface area contributed by atoms with Gasteiger partial charge in [0.25, 0.3) is 0 Å². The van der Waals surface area contributed by atoms with Crippen molar-refractivity contribution in [2.75, 3.05) is 0 Å². The Balaban J connectivity index is -0.000000779. The zero-order chi connectivity index (χ0) is 32.6.